The summed E-state index contributed by atoms with van der Waals surface area (Å²) in [4.78, 5) is 4.57. The smallest absolute Gasteiger partial charge is 0.244 e. The van der Waals surface area contributed by atoms with Gasteiger partial charge < -0.3 is 5.32 Å². The molecule has 1 fully saturated rings. The van der Waals surface area contributed by atoms with Gasteiger partial charge >= 0.3 is 0 Å². The van der Waals surface area contributed by atoms with Crippen molar-refractivity contribution >= 4 is 45.6 Å². The fraction of sp³-hybridized carbons (Fsp3) is 0.471. The molecule has 1 aliphatic rings. The predicted octanol–water partition coefficient (Wildman–Crippen LogP) is 3.19. The van der Waals surface area contributed by atoms with Crippen molar-refractivity contribution in [2.24, 2.45) is 0 Å². The van der Waals surface area contributed by atoms with Gasteiger partial charge in [0.1, 0.15) is 0 Å². The van der Waals surface area contributed by atoms with E-state index in [1.807, 2.05) is 32.0 Å². The Kier molecular flexibility index (Phi) is 8.09. The lowest BCUT2D eigenvalue weighted by molar-refractivity contribution is 0.431. The van der Waals surface area contributed by atoms with Crippen molar-refractivity contribution in [1.82, 2.24) is 14.6 Å². The minimum absolute atomic E-state index is 0. The summed E-state index contributed by atoms with van der Waals surface area (Å²) < 4.78 is 28.3. The van der Waals surface area contributed by atoms with Gasteiger partial charge in [0.25, 0.3) is 0 Å². The van der Waals surface area contributed by atoms with Crippen molar-refractivity contribution in [2.75, 3.05) is 26.2 Å². The highest BCUT2D eigenvalue weighted by Crippen LogP contribution is 2.33. The molecule has 0 bridgehead atoms. The van der Waals surface area contributed by atoms with Crippen LogP contribution in [-0.4, -0.2) is 43.9 Å². The molecule has 0 unspecified atom stereocenters. The summed E-state index contributed by atoms with van der Waals surface area (Å²) in [7, 11) is -3.52. The highest BCUT2D eigenvalue weighted by atomic mass is 35.5. The normalized spacial score (nSPS) is 16.1. The van der Waals surface area contributed by atoms with Crippen LogP contribution in [0.5, 0.6) is 0 Å². The first-order valence-corrected chi connectivity index (χ1v) is 9.53. The van der Waals surface area contributed by atoms with Crippen LogP contribution < -0.4 is 5.32 Å². The molecule has 0 radical (unpaired) electrons. The molecule has 1 aromatic carbocycles. The summed E-state index contributed by atoms with van der Waals surface area (Å²) in [6, 6.07) is 5.70. The van der Waals surface area contributed by atoms with Crippen molar-refractivity contribution in [2.45, 2.75) is 31.1 Å². The molecule has 140 valence electrons. The second-order valence-electron chi connectivity index (χ2n) is 6.24. The minimum Gasteiger partial charge on any atom is -0.315 e. The molecule has 2 heterocycles. The Hall–Kier alpha value is -0.920. The SMILES string of the molecule is CC(C)c1ccc2cnccc2c1S(=O)(=O)N1CCCNCC1.Cl.Cl. The van der Waals surface area contributed by atoms with E-state index in [4.69, 9.17) is 0 Å². The van der Waals surface area contributed by atoms with Gasteiger partial charge in [-0.15, -0.1) is 24.8 Å². The minimum atomic E-state index is -3.52. The van der Waals surface area contributed by atoms with Crippen LogP contribution in [0.2, 0.25) is 0 Å². The monoisotopic (exact) mass is 405 g/mol. The molecule has 1 aliphatic heterocycles. The fourth-order valence-corrected chi connectivity index (χ4v) is 5.11. The molecular weight excluding hydrogens is 381 g/mol. The summed E-state index contributed by atoms with van der Waals surface area (Å²) in [6.07, 6.45) is 4.22. The van der Waals surface area contributed by atoms with E-state index in [0.29, 0.717) is 24.5 Å². The second-order valence-corrected chi connectivity index (χ2v) is 8.12. The average Bonchev–Trinajstić information content (AvgIpc) is 2.83. The third kappa shape index (κ3) is 4.44. The number of halogens is 2. The lowest BCUT2D eigenvalue weighted by Gasteiger charge is -2.23. The number of nitrogens with one attached hydrogen (secondary N) is 1. The van der Waals surface area contributed by atoms with Gasteiger partial charge in [0.15, 0.2) is 0 Å². The Morgan fingerprint density at radius 1 is 1.12 bits per heavy atom. The maximum absolute atomic E-state index is 13.4. The number of sulfonamides is 1. The van der Waals surface area contributed by atoms with Gasteiger partial charge in [-0.1, -0.05) is 26.0 Å². The molecule has 1 saturated heterocycles. The van der Waals surface area contributed by atoms with Gasteiger partial charge in [0.05, 0.1) is 4.90 Å². The zero-order chi connectivity index (χ0) is 16.4. The van der Waals surface area contributed by atoms with Gasteiger partial charge in [-0.25, -0.2) is 8.42 Å². The molecule has 1 aromatic heterocycles. The number of hydrogen-bond donors (Lipinski definition) is 1. The van der Waals surface area contributed by atoms with Crippen LogP contribution in [0.4, 0.5) is 0 Å². The first-order chi connectivity index (χ1) is 11.0. The summed E-state index contributed by atoms with van der Waals surface area (Å²) in [5.41, 5.74) is 0.876. The Morgan fingerprint density at radius 3 is 2.60 bits per heavy atom. The summed E-state index contributed by atoms with van der Waals surface area (Å²) >= 11 is 0. The lowest BCUT2D eigenvalue weighted by Crippen LogP contribution is -2.35. The number of hydrogen-bond acceptors (Lipinski definition) is 4. The first kappa shape index (κ1) is 22.1. The van der Waals surface area contributed by atoms with E-state index in [0.717, 1.165) is 29.3 Å². The number of pyridine rings is 1. The van der Waals surface area contributed by atoms with E-state index in [2.05, 4.69) is 10.3 Å². The number of fused-ring (bicyclic) bond motifs is 1. The molecule has 0 amide bonds. The standard InChI is InChI=1S/C17H23N3O2S.2ClH/c1-13(2)15-5-4-14-12-19-8-6-16(14)17(15)23(21,22)20-10-3-7-18-9-11-20;;/h4-6,8,12-13,18H,3,7,9-11H2,1-2H3;2*1H. The zero-order valence-electron chi connectivity index (χ0n) is 14.4. The van der Waals surface area contributed by atoms with Crippen LogP contribution in [0.3, 0.4) is 0 Å². The van der Waals surface area contributed by atoms with Crippen LogP contribution in [0.15, 0.2) is 35.5 Å². The molecule has 3 rings (SSSR count). The number of rotatable bonds is 3. The highest BCUT2D eigenvalue weighted by molar-refractivity contribution is 7.89. The molecular formula is C17H25Cl2N3O2S. The van der Waals surface area contributed by atoms with Crippen molar-refractivity contribution in [1.29, 1.82) is 0 Å². The summed E-state index contributed by atoms with van der Waals surface area (Å²) in [5.74, 6) is 0.141. The summed E-state index contributed by atoms with van der Waals surface area (Å²) in [6.45, 7) is 6.71. The topological polar surface area (TPSA) is 62.3 Å². The largest absolute Gasteiger partial charge is 0.315 e. The van der Waals surface area contributed by atoms with Crippen molar-refractivity contribution in [3.05, 3.63) is 36.2 Å². The molecule has 0 atom stereocenters. The van der Waals surface area contributed by atoms with Gasteiger partial charge in [0, 0.05) is 42.8 Å². The third-order valence-electron chi connectivity index (χ3n) is 4.32. The predicted molar refractivity (Wildman–Crippen MR) is 107 cm³/mol. The Morgan fingerprint density at radius 2 is 1.88 bits per heavy atom. The van der Waals surface area contributed by atoms with Crippen LogP contribution in [0.1, 0.15) is 31.7 Å². The quantitative estimate of drug-likeness (QED) is 0.851. The summed E-state index contributed by atoms with van der Waals surface area (Å²) in [5, 5.41) is 4.89. The molecule has 5 nitrogen and oxygen atoms in total. The first-order valence-electron chi connectivity index (χ1n) is 8.09. The van der Waals surface area contributed by atoms with E-state index in [1.165, 1.54) is 0 Å². The molecule has 2 aromatic rings. The zero-order valence-corrected chi connectivity index (χ0v) is 16.9. The highest BCUT2D eigenvalue weighted by Gasteiger charge is 2.30. The van der Waals surface area contributed by atoms with Gasteiger partial charge in [-0.2, -0.15) is 4.31 Å². The molecule has 0 saturated carbocycles. The van der Waals surface area contributed by atoms with Crippen molar-refractivity contribution < 1.29 is 8.42 Å². The van der Waals surface area contributed by atoms with Crippen LogP contribution in [-0.2, 0) is 10.0 Å². The van der Waals surface area contributed by atoms with Gasteiger partial charge in [0.2, 0.25) is 10.0 Å². The average molecular weight is 406 g/mol. The van der Waals surface area contributed by atoms with Gasteiger partial charge in [-0.3, -0.25) is 4.98 Å². The van der Waals surface area contributed by atoms with E-state index in [9.17, 15) is 8.42 Å². The number of nitrogens with zero attached hydrogens (tertiary/aromatic N) is 2. The van der Waals surface area contributed by atoms with Gasteiger partial charge in [-0.05, 0) is 30.5 Å². The van der Waals surface area contributed by atoms with E-state index in [-0.39, 0.29) is 30.7 Å². The van der Waals surface area contributed by atoms with E-state index in [1.54, 1.807) is 16.7 Å². The van der Waals surface area contributed by atoms with Crippen LogP contribution in [0, 0.1) is 0 Å². The maximum atomic E-state index is 13.4. The second kappa shape index (κ2) is 9.14. The maximum Gasteiger partial charge on any atom is 0.244 e. The van der Waals surface area contributed by atoms with Crippen LogP contribution in [0.25, 0.3) is 10.8 Å². The van der Waals surface area contributed by atoms with E-state index < -0.39 is 10.0 Å². The Balaban J connectivity index is 0.00000156. The Labute approximate surface area is 162 Å². The third-order valence-corrected chi connectivity index (χ3v) is 6.34. The molecule has 8 heteroatoms. The number of benzene rings is 1. The van der Waals surface area contributed by atoms with Crippen molar-refractivity contribution in [3.8, 4) is 0 Å². The fourth-order valence-electron chi connectivity index (χ4n) is 3.09. The lowest BCUT2D eigenvalue weighted by atomic mass is 10.00. The Bertz CT molecular complexity index is 805. The number of aromatic nitrogens is 1. The van der Waals surface area contributed by atoms with E-state index >= 15 is 0 Å². The molecule has 0 spiro atoms. The van der Waals surface area contributed by atoms with Crippen molar-refractivity contribution in [3.63, 3.8) is 0 Å². The molecule has 1 N–H and O–H groups in total. The molecule has 0 aliphatic carbocycles. The molecule has 25 heavy (non-hydrogen) atoms. The van der Waals surface area contributed by atoms with Crippen LogP contribution >= 0.6 is 24.8 Å².